The van der Waals surface area contributed by atoms with Crippen LogP contribution >= 0.6 is 11.6 Å². The van der Waals surface area contributed by atoms with Crippen molar-refractivity contribution in [3.63, 3.8) is 0 Å². The maximum Gasteiger partial charge on any atom is 0.118 e. The number of benzene rings is 2. The van der Waals surface area contributed by atoms with Gasteiger partial charge >= 0.3 is 0 Å². The Kier molecular flexibility index (Phi) is 3.70. The van der Waals surface area contributed by atoms with E-state index in [2.05, 4.69) is 25.1 Å². The predicted molar refractivity (Wildman–Crippen MR) is 71.9 cm³/mol. The molecule has 2 aromatic carbocycles. The second-order valence-electron chi connectivity index (χ2n) is 4.05. The second kappa shape index (κ2) is 5.24. The van der Waals surface area contributed by atoms with Gasteiger partial charge in [0.2, 0.25) is 0 Å². The molecule has 0 amide bonds. The minimum atomic E-state index is -0.110. The summed E-state index contributed by atoms with van der Waals surface area (Å²) in [4.78, 5) is 0. The largest absolute Gasteiger partial charge is 0.497 e. The number of hydrogen-bond donors (Lipinski definition) is 0. The van der Waals surface area contributed by atoms with Gasteiger partial charge in [-0.1, -0.05) is 42.0 Å². The van der Waals surface area contributed by atoms with E-state index in [0.717, 1.165) is 16.9 Å². The number of halogens is 1. The van der Waals surface area contributed by atoms with Crippen LogP contribution in [0.25, 0.3) is 0 Å². The van der Waals surface area contributed by atoms with Gasteiger partial charge in [0.05, 0.1) is 12.5 Å². The number of ether oxygens (including phenoxy) is 1. The van der Waals surface area contributed by atoms with Crippen LogP contribution in [0.3, 0.4) is 0 Å². The van der Waals surface area contributed by atoms with Crippen molar-refractivity contribution in [1.29, 1.82) is 0 Å². The highest BCUT2D eigenvalue weighted by Gasteiger charge is 2.10. The molecule has 0 aliphatic rings. The molecule has 1 atom stereocenters. The average molecular weight is 247 g/mol. The third-order valence-electron chi connectivity index (χ3n) is 2.74. The van der Waals surface area contributed by atoms with E-state index in [1.54, 1.807) is 7.11 Å². The SMILES string of the molecule is COc1ccc(C(Cl)c2cccc(C)c2)cc1. The van der Waals surface area contributed by atoms with Crippen molar-refractivity contribution in [1.82, 2.24) is 0 Å². The lowest BCUT2D eigenvalue weighted by Gasteiger charge is -2.11. The molecule has 0 N–H and O–H groups in total. The number of hydrogen-bond acceptors (Lipinski definition) is 1. The molecule has 0 radical (unpaired) electrons. The highest BCUT2D eigenvalue weighted by molar-refractivity contribution is 6.22. The van der Waals surface area contributed by atoms with Crippen LogP contribution in [0.1, 0.15) is 22.1 Å². The quantitative estimate of drug-likeness (QED) is 0.733. The monoisotopic (exact) mass is 246 g/mol. The molecule has 0 spiro atoms. The van der Waals surface area contributed by atoms with Gasteiger partial charge in [-0.3, -0.25) is 0 Å². The lowest BCUT2D eigenvalue weighted by atomic mass is 10.0. The maximum absolute atomic E-state index is 6.46. The molecule has 0 aliphatic heterocycles. The zero-order chi connectivity index (χ0) is 12.3. The van der Waals surface area contributed by atoms with Crippen molar-refractivity contribution in [2.24, 2.45) is 0 Å². The fourth-order valence-electron chi connectivity index (χ4n) is 1.79. The normalized spacial score (nSPS) is 12.2. The lowest BCUT2D eigenvalue weighted by molar-refractivity contribution is 0.414. The zero-order valence-electron chi connectivity index (χ0n) is 9.98. The molecule has 17 heavy (non-hydrogen) atoms. The molecule has 1 unspecified atom stereocenters. The number of methoxy groups -OCH3 is 1. The Hall–Kier alpha value is -1.47. The smallest absolute Gasteiger partial charge is 0.118 e. The van der Waals surface area contributed by atoms with Gasteiger partial charge in [0, 0.05) is 0 Å². The Morgan fingerprint density at radius 2 is 1.71 bits per heavy atom. The summed E-state index contributed by atoms with van der Waals surface area (Å²) in [5.74, 6) is 0.849. The van der Waals surface area contributed by atoms with E-state index in [9.17, 15) is 0 Å². The van der Waals surface area contributed by atoms with Gasteiger partial charge in [-0.05, 0) is 30.2 Å². The van der Waals surface area contributed by atoms with Gasteiger partial charge in [0.1, 0.15) is 5.75 Å². The van der Waals surface area contributed by atoms with Gasteiger partial charge in [-0.15, -0.1) is 11.6 Å². The van der Waals surface area contributed by atoms with E-state index >= 15 is 0 Å². The summed E-state index contributed by atoms with van der Waals surface area (Å²) in [6.07, 6.45) is 0. The number of rotatable bonds is 3. The van der Waals surface area contributed by atoms with E-state index in [-0.39, 0.29) is 5.38 Å². The summed E-state index contributed by atoms with van der Waals surface area (Å²) in [5, 5.41) is -0.110. The summed E-state index contributed by atoms with van der Waals surface area (Å²) in [5.41, 5.74) is 3.43. The van der Waals surface area contributed by atoms with Gasteiger partial charge < -0.3 is 4.74 Å². The summed E-state index contributed by atoms with van der Waals surface area (Å²) < 4.78 is 5.13. The molecule has 1 nitrogen and oxygen atoms in total. The molecule has 0 saturated heterocycles. The molecule has 0 fully saturated rings. The number of alkyl halides is 1. The molecule has 2 aromatic rings. The standard InChI is InChI=1S/C15H15ClO/c1-11-4-3-5-13(10-11)15(16)12-6-8-14(17-2)9-7-12/h3-10,15H,1-2H3. The van der Waals surface area contributed by atoms with Gasteiger partial charge in [0.15, 0.2) is 0 Å². The van der Waals surface area contributed by atoms with Crippen LogP contribution < -0.4 is 4.74 Å². The first kappa shape index (κ1) is 12.0. The summed E-state index contributed by atoms with van der Waals surface area (Å²) in [6.45, 7) is 2.07. The Bertz CT molecular complexity index is 491. The van der Waals surface area contributed by atoms with Crippen LogP contribution in [0.2, 0.25) is 0 Å². The first-order valence-corrected chi connectivity index (χ1v) is 5.99. The first-order valence-electron chi connectivity index (χ1n) is 5.55. The van der Waals surface area contributed by atoms with Crippen LogP contribution in [-0.2, 0) is 0 Å². The fraction of sp³-hybridized carbons (Fsp3) is 0.200. The topological polar surface area (TPSA) is 9.23 Å². The minimum absolute atomic E-state index is 0.110. The molecule has 0 bridgehead atoms. The highest BCUT2D eigenvalue weighted by Crippen LogP contribution is 2.30. The van der Waals surface area contributed by atoms with Crippen LogP contribution in [-0.4, -0.2) is 7.11 Å². The van der Waals surface area contributed by atoms with Crippen molar-refractivity contribution in [3.8, 4) is 5.75 Å². The second-order valence-corrected chi connectivity index (χ2v) is 4.49. The van der Waals surface area contributed by atoms with Crippen LogP contribution in [0, 0.1) is 6.92 Å². The Morgan fingerprint density at radius 1 is 1.00 bits per heavy atom. The van der Waals surface area contributed by atoms with Crippen molar-refractivity contribution < 1.29 is 4.74 Å². The first-order chi connectivity index (χ1) is 8.20. The van der Waals surface area contributed by atoms with Crippen molar-refractivity contribution >= 4 is 11.6 Å². The molecule has 0 heterocycles. The van der Waals surface area contributed by atoms with Crippen molar-refractivity contribution in [2.45, 2.75) is 12.3 Å². The lowest BCUT2D eigenvalue weighted by Crippen LogP contribution is -1.94. The highest BCUT2D eigenvalue weighted by atomic mass is 35.5. The van der Waals surface area contributed by atoms with E-state index in [1.165, 1.54) is 5.56 Å². The Morgan fingerprint density at radius 3 is 2.29 bits per heavy atom. The van der Waals surface area contributed by atoms with E-state index in [4.69, 9.17) is 16.3 Å². The molecule has 88 valence electrons. The van der Waals surface area contributed by atoms with Crippen LogP contribution in [0.5, 0.6) is 5.75 Å². The molecule has 0 aliphatic carbocycles. The Labute approximate surface area is 107 Å². The maximum atomic E-state index is 6.46. The van der Waals surface area contributed by atoms with E-state index in [0.29, 0.717) is 0 Å². The molecule has 0 aromatic heterocycles. The molecule has 0 saturated carbocycles. The van der Waals surface area contributed by atoms with Crippen LogP contribution in [0.15, 0.2) is 48.5 Å². The molecule has 2 rings (SSSR count). The molecular formula is C15H15ClO. The summed E-state index contributed by atoms with van der Waals surface area (Å²) in [7, 11) is 1.66. The predicted octanol–water partition coefficient (Wildman–Crippen LogP) is 4.33. The summed E-state index contributed by atoms with van der Waals surface area (Å²) in [6, 6.07) is 16.1. The van der Waals surface area contributed by atoms with Gasteiger partial charge in [0.25, 0.3) is 0 Å². The Balaban J connectivity index is 2.27. The third-order valence-corrected chi connectivity index (χ3v) is 3.25. The fourth-order valence-corrected chi connectivity index (χ4v) is 2.07. The van der Waals surface area contributed by atoms with Crippen molar-refractivity contribution in [3.05, 3.63) is 65.2 Å². The van der Waals surface area contributed by atoms with Gasteiger partial charge in [-0.25, -0.2) is 0 Å². The summed E-state index contributed by atoms with van der Waals surface area (Å²) >= 11 is 6.46. The number of aryl methyl sites for hydroxylation is 1. The van der Waals surface area contributed by atoms with Crippen molar-refractivity contribution in [2.75, 3.05) is 7.11 Å². The minimum Gasteiger partial charge on any atom is -0.497 e. The van der Waals surface area contributed by atoms with Gasteiger partial charge in [-0.2, -0.15) is 0 Å². The zero-order valence-corrected chi connectivity index (χ0v) is 10.7. The third kappa shape index (κ3) is 2.80. The molecular weight excluding hydrogens is 232 g/mol. The van der Waals surface area contributed by atoms with E-state index < -0.39 is 0 Å². The molecule has 2 heteroatoms. The van der Waals surface area contributed by atoms with E-state index in [1.807, 2.05) is 30.3 Å². The van der Waals surface area contributed by atoms with Crippen LogP contribution in [0.4, 0.5) is 0 Å². The average Bonchev–Trinajstić information content (AvgIpc) is 2.38.